The van der Waals surface area contributed by atoms with E-state index < -0.39 is 23.3 Å². The molecule has 3 aromatic rings. The lowest BCUT2D eigenvalue weighted by molar-refractivity contribution is -0.190. The number of carbonyl (C=O) groups is 3. The van der Waals surface area contributed by atoms with Crippen LogP contribution in [0.3, 0.4) is 0 Å². The summed E-state index contributed by atoms with van der Waals surface area (Å²) in [7, 11) is 0. The van der Waals surface area contributed by atoms with E-state index in [9.17, 15) is 14.4 Å². The number of likely N-dealkylation sites (tertiary alicyclic amines) is 1. The average Bonchev–Trinajstić information content (AvgIpc) is 2.97. The van der Waals surface area contributed by atoms with Crippen molar-refractivity contribution in [3.63, 3.8) is 0 Å². The lowest BCUT2D eigenvalue weighted by atomic mass is 9.72. The molecule has 3 amide bonds. The summed E-state index contributed by atoms with van der Waals surface area (Å²) in [6.45, 7) is 9.80. The Labute approximate surface area is 249 Å². The number of carbonyl (C=O) groups excluding carboxylic acids is 3. The molecular weight excluding hydrogens is 528 g/mol. The van der Waals surface area contributed by atoms with Crippen molar-refractivity contribution in [3.8, 4) is 5.75 Å². The van der Waals surface area contributed by atoms with Gasteiger partial charge < -0.3 is 14.8 Å². The van der Waals surface area contributed by atoms with Crippen molar-refractivity contribution in [1.82, 2.24) is 10.2 Å². The number of rotatable bonds is 11. The Balaban J connectivity index is 1.43. The van der Waals surface area contributed by atoms with Crippen LogP contribution in [-0.2, 0) is 20.7 Å². The molecule has 7 nitrogen and oxygen atoms in total. The number of benzene rings is 3. The van der Waals surface area contributed by atoms with Crippen molar-refractivity contribution >= 4 is 17.9 Å². The highest BCUT2D eigenvalue weighted by Crippen LogP contribution is 2.46. The van der Waals surface area contributed by atoms with Crippen LogP contribution in [0, 0.1) is 5.41 Å². The molecule has 0 aromatic heterocycles. The normalized spacial score (nSPS) is 16.1. The van der Waals surface area contributed by atoms with Gasteiger partial charge in [0, 0.05) is 12.5 Å². The van der Waals surface area contributed by atoms with Gasteiger partial charge in [-0.1, -0.05) is 86.6 Å². The average molecular weight is 571 g/mol. The first-order chi connectivity index (χ1) is 20.1. The maximum absolute atomic E-state index is 13.4. The molecule has 0 aliphatic carbocycles. The number of hydrogen-bond donors (Lipinski definition) is 1. The van der Waals surface area contributed by atoms with Crippen molar-refractivity contribution in [2.24, 2.45) is 5.41 Å². The van der Waals surface area contributed by atoms with E-state index in [2.05, 4.69) is 29.6 Å². The highest BCUT2D eigenvalue weighted by Gasteiger charge is 2.62. The van der Waals surface area contributed by atoms with Gasteiger partial charge in [-0.2, -0.15) is 0 Å². The number of esters is 1. The van der Waals surface area contributed by atoms with E-state index in [1.165, 1.54) is 16.0 Å². The lowest BCUT2D eigenvalue weighted by Gasteiger charge is -2.53. The molecule has 0 spiro atoms. The minimum atomic E-state index is -0.775. The van der Waals surface area contributed by atoms with E-state index in [0.717, 1.165) is 5.56 Å². The van der Waals surface area contributed by atoms with E-state index >= 15 is 0 Å². The number of amides is 3. The first kappa shape index (κ1) is 30.8. The molecule has 7 heteroatoms. The third-order valence-corrected chi connectivity index (χ3v) is 7.89. The van der Waals surface area contributed by atoms with E-state index in [1.54, 1.807) is 24.3 Å². The fraction of sp³-hybridized carbons (Fsp3) is 0.400. The van der Waals surface area contributed by atoms with Gasteiger partial charge in [0.2, 0.25) is 5.91 Å². The Hall–Kier alpha value is -4.13. The Morgan fingerprint density at radius 3 is 1.93 bits per heavy atom. The maximum atomic E-state index is 13.4. The molecule has 1 N–H and O–H groups in total. The van der Waals surface area contributed by atoms with Gasteiger partial charge in [0.1, 0.15) is 16.8 Å². The lowest BCUT2D eigenvalue weighted by Crippen LogP contribution is -2.73. The second-order valence-corrected chi connectivity index (χ2v) is 11.8. The number of β-lactam (4-membered cyclic amide) rings is 1. The van der Waals surface area contributed by atoms with Crippen LogP contribution in [-0.4, -0.2) is 41.2 Å². The maximum Gasteiger partial charge on any atom is 0.327 e. The van der Waals surface area contributed by atoms with Crippen LogP contribution >= 0.6 is 0 Å². The molecule has 0 bridgehead atoms. The third kappa shape index (κ3) is 7.01. The summed E-state index contributed by atoms with van der Waals surface area (Å²) in [5.41, 5.74) is 1.81. The molecule has 1 unspecified atom stereocenters. The first-order valence-corrected chi connectivity index (χ1v) is 14.8. The SMILES string of the molecule is CCC1(CC)C(=O)N(C(=O)NCCC(c2ccccc2)c2ccccc2)C1Oc1ccc(CC(=O)OC(C)(C)C)cc1. The number of imide groups is 1. The molecule has 1 saturated heterocycles. The third-order valence-electron chi connectivity index (χ3n) is 7.89. The summed E-state index contributed by atoms with van der Waals surface area (Å²) in [5, 5.41) is 2.97. The topological polar surface area (TPSA) is 84.9 Å². The number of hydrogen-bond acceptors (Lipinski definition) is 5. The molecule has 42 heavy (non-hydrogen) atoms. The largest absolute Gasteiger partial charge is 0.469 e. The zero-order valence-corrected chi connectivity index (χ0v) is 25.3. The number of ether oxygens (including phenoxy) is 2. The standard InChI is InChI=1S/C35H42N2O5/c1-6-35(7-2)31(39)37(32(35)41-28-20-18-25(19-21-28)24-30(38)42-34(3,4)5)33(40)36-23-22-29(26-14-10-8-11-15-26)27-16-12-9-13-17-27/h8-21,29,32H,6-7,22-24H2,1-5H3,(H,36,40). The Kier molecular flexibility index (Phi) is 9.71. The Morgan fingerprint density at radius 1 is 0.881 bits per heavy atom. The highest BCUT2D eigenvalue weighted by molar-refractivity contribution is 6.03. The molecule has 1 aliphatic rings. The monoisotopic (exact) mass is 570 g/mol. The van der Waals surface area contributed by atoms with Crippen LogP contribution in [0.4, 0.5) is 4.79 Å². The smallest absolute Gasteiger partial charge is 0.327 e. The van der Waals surface area contributed by atoms with Crippen molar-refractivity contribution in [3.05, 3.63) is 102 Å². The summed E-state index contributed by atoms with van der Waals surface area (Å²) in [6.07, 6.45) is 1.21. The van der Waals surface area contributed by atoms with Crippen molar-refractivity contribution in [1.29, 1.82) is 0 Å². The van der Waals surface area contributed by atoms with Crippen molar-refractivity contribution in [2.75, 3.05) is 6.54 Å². The zero-order valence-electron chi connectivity index (χ0n) is 25.3. The van der Waals surface area contributed by atoms with Crippen LogP contribution in [0.2, 0.25) is 0 Å². The van der Waals surface area contributed by atoms with Gasteiger partial charge in [0.15, 0.2) is 6.23 Å². The second kappa shape index (κ2) is 13.2. The Bertz CT molecular complexity index is 1310. The molecule has 1 atom stereocenters. The molecule has 0 radical (unpaired) electrons. The Morgan fingerprint density at radius 2 is 1.43 bits per heavy atom. The van der Waals surface area contributed by atoms with Gasteiger partial charge in [-0.05, 0) is 68.9 Å². The molecule has 0 saturated carbocycles. The van der Waals surface area contributed by atoms with Gasteiger partial charge in [-0.15, -0.1) is 0 Å². The molecule has 222 valence electrons. The van der Waals surface area contributed by atoms with Crippen LogP contribution < -0.4 is 10.1 Å². The summed E-state index contributed by atoms with van der Waals surface area (Å²) in [4.78, 5) is 40.1. The minimum absolute atomic E-state index is 0.108. The number of urea groups is 1. The van der Waals surface area contributed by atoms with Gasteiger partial charge in [0.05, 0.1) is 6.42 Å². The summed E-state index contributed by atoms with van der Waals surface area (Å²) >= 11 is 0. The number of nitrogens with one attached hydrogen (secondary N) is 1. The summed E-state index contributed by atoms with van der Waals surface area (Å²) in [5.74, 6) is 0.106. The number of nitrogens with zero attached hydrogens (tertiary/aromatic N) is 1. The van der Waals surface area contributed by atoms with E-state index in [-0.39, 0.29) is 24.2 Å². The van der Waals surface area contributed by atoms with Crippen LogP contribution in [0.25, 0.3) is 0 Å². The molecule has 3 aromatic carbocycles. The predicted molar refractivity (Wildman–Crippen MR) is 163 cm³/mol. The van der Waals surface area contributed by atoms with E-state index in [4.69, 9.17) is 9.47 Å². The summed E-state index contributed by atoms with van der Waals surface area (Å²) in [6, 6.07) is 27.1. The minimum Gasteiger partial charge on any atom is -0.469 e. The molecular formula is C35H42N2O5. The van der Waals surface area contributed by atoms with Crippen molar-refractivity contribution in [2.45, 2.75) is 78.0 Å². The molecule has 4 rings (SSSR count). The van der Waals surface area contributed by atoms with Gasteiger partial charge in [-0.3, -0.25) is 9.59 Å². The van der Waals surface area contributed by atoms with Crippen molar-refractivity contribution < 1.29 is 23.9 Å². The molecule has 1 fully saturated rings. The quantitative estimate of drug-likeness (QED) is 0.201. The molecule has 1 heterocycles. The fourth-order valence-corrected chi connectivity index (χ4v) is 5.56. The van der Waals surface area contributed by atoms with Crippen LogP contribution in [0.5, 0.6) is 5.75 Å². The van der Waals surface area contributed by atoms with Gasteiger partial charge >= 0.3 is 12.0 Å². The second-order valence-electron chi connectivity index (χ2n) is 11.8. The highest BCUT2D eigenvalue weighted by atomic mass is 16.6. The van der Waals surface area contributed by atoms with Crippen LogP contribution in [0.1, 0.15) is 76.5 Å². The predicted octanol–water partition coefficient (Wildman–Crippen LogP) is 6.86. The molecule has 1 aliphatic heterocycles. The van der Waals surface area contributed by atoms with E-state index in [0.29, 0.717) is 31.6 Å². The van der Waals surface area contributed by atoms with Gasteiger partial charge in [-0.25, -0.2) is 9.69 Å². The fourth-order valence-electron chi connectivity index (χ4n) is 5.56. The first-order valence-electron chi connectivity index (χ1n) is 14.8. The van der Waals surface area contributed by atoms with Gasteiger partial charge in [0.25, 0.3) is 0 Å². The zero-order chi connectivity index (χ0) is 30.3. The summed E-state index contributed by atoms with van der Waals surface area (Å²) < 4.78 is 11.7. The van der Waals surface area contributed by atoms with E-state index in [1.807, 2.05) is 71.0 Å². The van der Waals surface area contributed by atoms with Crippen LogP contribution in [0.15, 0.2) is 84.9 Å².